The van der Waals surface area contributed by atoms with Crippen molar-refractivity contribution >= 4 is 17.5 Å². The van der Waals surface area contributed by atoms with Gasteiger partial charge in [-0.2, -0.15) is 0 Å². The number of carbonyl (C=O) groups excluding carboxylic acids is 2. The van der Waals surface area contributed by atoms with E-state index < -0.39 is 0 Å². The zero-order chi connectivity index (χ0) is 16.5. The van der Waals surface area contributed by atoms with Gasteiger partial charge in [-0.05, 0) is 44.9 Å². The summed E-state index contributed by atoms with van der Waals surface area (Å²) in [5.41, 5.74) is 5.34. The molecular weight excluding hydrogens is 286 g/mol. The fourth-order valence-corrected chi connectivity index (χ4v) is 4.63. The molecule has 3 aliphatic rings. The molecule has 23 heavy (non-hydrogen) atoms. The van der Waals surface area contributed by atoms with Gasteiger partial charge in [-0.3, -0.25) is 9.59 Å². The predicted molar refractivity (Wildman–Crippen MR) is 89.9 cm³/mol. The first-order chi connectivity index (χ1) is 10.9. The second kappa shape index (κ2) is 4.67. The Balaban J connectivity index is 1.80. The Hall–Kier alpha value is -2.16. The van der Waals surface area contributed by atoms with Crippen LogP contribution in [0.2, 0.25) is 0 Å². The Labute approximate surface area is 136 Å². The van der Waals surface area contributed by atoms with E-state index in [0.29, 0.717) is 0 Å². The first-order valence-electron chi connectivity index (χ1n) is 8.22. The highest BCUT2D eigenvalue weighted by atomic mass is 16.2. The van der Waals surface area contributed by atoms with E-state index in [1.807, 2.05) is 32.0 Å². The van der Waals surface area contributed by atoms with Crippen LogP contribution >= 0.6 is 0 Å². The van der Waals surface area contributed by atoms with Crippen molar-refractivity contribution in [1.82, 2.24) is 0 Å². The molecule has 118 valence electrons. The Morgan fingerprint density at radius 3 is 2.04 bits per heavy atom. The molecular formula is C20H21NO2. The predicted octanol–water partition coefficient (Wildman–Crippen LogP) is 3.56. The summed E-state index contributed by atoms with van der Waals surface area (Å²) in [5, 5.41) is 0. The third-order valence-corrected chi connectivity index (χ3v) is 5.60. The average Bonchev–Trinajstić information content (AvgIpc) is 3.13. The second-order valence-corrected chi connectivity index (χ2v) is 7.25. The van der Waals surface area contributed by atoms with Gasteiger partial charge in [-0.25, -0.2) is 4.90 Å². The van der Waals surface area contributed by atoms with E-state index in [0.717, 1.165) is 16.8 Å². The Morgan fingerprint density at radius 1 is 0.957 bits per heavy atom. The average molecular weight is 307 g/mol. The topological polar surface area (TPSA) is 37.4 Å². The lowest BCUT2D eigenvalue weighted by Gasteiger charge is -2.21. The van der Waals surface area contributed by atoms with Gasteiger partial charge in [0, 0.05) is 11.8 Å². The highest BCUT2D eigenvalue weighted by molar-refractivity contribution is 6.23. The highest BCUT2D eigenvalue weighted by Crippen LogP contribution is 2.57. The maximum absolute atomic E-state index is 13.1. The molecule has 3 heteroatoms. The molecule has 0 aromatic heterocycles. The largest absolute Gasteiger partial charge is 0.274 e. The van der Waals surface area contributed by atoms with Gasteiger partial charge in [0.05, 0.1) is 17.5 Å². The molecule has 1 saturated carbocycles. The molecule has 2 fully saturated rings. The van der Waals surface area contributed by atoms with Crippen molar-refractivity contribution in [3.8, 4) is 0 Å². The molecule has 2 aliphatic carbocycles. The van der Waals surface area contributed by atoms with Gasteiger partial charge in [0.2, 0.25) is 11.8 Å². The van der Waals surface area contributed by atoms with Crippen LogP contribution in [0.3, 0.4) is 0 Å². The molecule has 0 radical (unpaired) electrons. The molecule has 2 bridgehead atoms. The van der Waals surface area contributed by atoms with E-state index in [1.165, 1.54) is 16.0 Å². The smallest absolute Gasteiger partial charge is 0.238 e. The van der Waals surface area contributed by atoms with Crippen LogP contribution in [0, 0.1) is 37.5 Å². The number of hydrogen-bond donors (Lipinski definition) is 0. The fourth-order valence-electron chi connectivity index (χ4n) is 4.63. The van der Waals surface area contributed by atoms with Crippen LogP contribution in [0.4, 0.5) is 5.69 Å². The van der Waals surface area contributed by atoms with Crippen molar-refractivity contribution in [2.24, 2.45) is 23.7 Å². The number of benzene rings is 1. The lowest BCUT2D eigenvalue weighted by atomic mass is 9.85. The lowest BCUT2D eigenvalue weighted by molar-refractivity contribution is -0.122. The molecule has 0 spiro atoms. The molecule has 4 atom stereocenters. The summed E-state index contributed by atoms with van der Waals surface area (Å²) in [7, 11) is 0. The van der Waals surface area contributed by atoms with Crippen LogP contribution in [0.1, 0.15) is 25.0 Å². The van der Waals surface area contributed by atoms with Crippen LogP contribution in [-0.4, -0.2) is 11.8 Å². The highest BCUT2D eigenvalue weighted by Gasteiger charge is 2.62. The summed E-state index contributed by atoms with van der Waals surface area (Å²) in [5.74, 6) is -0.235. The maximum atomic E-state index is 13.1. The van der Waals surface area contributed by atoms with Gasteiger partial charge in [-0.15, -0.1) is 0 Å². The summed E-state index contributed by atoms with van der Waals surface area (Å²) in [6, 6.07) is 5.94. The molecule has 2 amide bonds. The van der Waals surface area contributed by atoms with Gasteiger partial charge in [-0.1, -0.05) is 35.4 Å². The third-order valence-electron chi connectivity index (χ3n) is 5.60. The summed E-state index contributed by atoms with van der Waals surface area (Å²) < 4.78 is 0. The first-order valence-corrected chi connectivity index (χ1v) is 8.22. The maximum Gasteiger partial charge on any atom is 0.238 e. The Morgan fingerprint density at radius 2 is 1.52 bits per heavy atom. The molecule has 1 heterocycles. The number of hydrogen-bond acceptors (Lipinski definition) is 2. The summed E-state index contributed by atoms with van der Waals surface area (Å²) in [6.07, 6.45) is 4.26. The third kappa shape index (κ3) is 1.76. The van der Waals surface area contributed by atoms with Gasteiger partial charge >= 0.3 is 0 Å². The van der Waals surface area contributed by atoms with Gasteiger partial charge < -0.3 is 0 Å². The van der Waals surface area contributed by atoms with Crippen molar-refractivity contribution in [3.05, 3.63) is 52.6 Å². The van der Waals surface area contributed by atoms with Crippen LogP contribution < -0.4 is 4.90 Å². The molecule has 4 unspecified atom stereocenters. The number of allylic oxidation sites excluding steroid dienone is 4. The van der Waals surface area contributed by atoms with Crippen LogP contribution in [0.5, 0.6) is 0 Å². The van der Waals surface area contributed by atoms with Gasteiger partial charge in [0.1, 0.15) is 0 Å². The quantitative estimate of drug-likeness (QED) is 0.587. The number of carbonyl (C=O) groups is 2. The number of imide groups is 1. The minimum Gasteiger partial charge on any atom is -0.274 e. The van der Waals surface area contributed by atoms with Gasteiger partial charge in [0.25, 0.3) is 0 Å². The van der Waals surface area contributed by atoms with Crippen LogP contribution in [0.15, 0.2) is 41.5 Å². The van der Waals surface area contributed by atoms with E-state index >= 15 is 0 Å². The van der Waals surface area contributed by atoms with Crippen molar-refractivity contribution in [3.63, 3.8) is 0 Å². The molecule has 1 saturated heterocycles. The molecule has 1 aromatic rings. The number of rotatable bonds is 1. The summed E-state index contributed by atoms with van der Waals surface area (Å²) in [6.45, 7) is 8.11. The van der Waals surface area contributed by atoms with Crippen LogP contribution in [0.25, 0.3) is 0 Å². The minimum atomic E-state index is -0.206. The Bertz CT molecular complexity index is 764. The molecule has 0 N–H and O–H groups in total. The SMILES string of the molecule is CC(C)=C1C2C=CC1C1C(=O)N(c3cc(C)ccc3C)C(=O)C21. The molecule has 3 nitrogen and oxygen atoms in total. The van der Waals surface area contributed by atoms with Crippen molar-refractivity contribution in [2.45, 2.75) is 27.7 Å². The normalized spacial score (nSPS) is 31.3. The standard InChI is InChI=1S/C20H21NO2/c1-10(2)16-13-7-8-14(16)18-17(13)19(22)21(20(18)23)15-9-11(3)5-6-12(15)4/h5-9,13-14,17-18H,1-4H3. The number of nitrogens with zero attached hydrogens (tertiary/aromatic N) is 1. The Kier molecular flexibility index (Phi) is 2.93. The van der Waals surface area contributed by atoms with Crippen molar-refractivity contribution in [1.29, 1.82) is 0 Å². The zero-order valence-corrected chi connectivity index (χ0v) is 14.0. The van der Waals surface area contributed by atoms with E-state index in [2.05, 4.69) is 26.0 Å². The second-order valence-electron chi connectivity index (χ2n) is 7.25. The van der Waals surface area contributed by atoms with Crippen LogP contribution in [-0.2, 0) is 9.59 Å². The van der Waals surface area contributed by atoms with Crippen molar-refractivity contribution < 1.29 is 9.59 Å². The van der Waals surface area contributed by atoms with E-state index in [9.17, 15) is 9.59 Å². The zero-order valence-electron chi connectivity index (χ0n) is 14.0. The van der Waals surface area contributed by atoms with E-state index in [1.54, 1.807) is 0 Å². The number of anilines is 1. The number of fused-ring (bicyclic) bond motifs is 5. The summed E-state index contributed by atoms with van der Waals surface area (Å²) >= 11 is 0. The summed E-state index contributed by atoms with van der Waals surface area (Å²) in [4.78, 5) is 27.6. The van der Waals surface area contributed by atoms with E-state index in [-0.39, 0.29) is 35.5 Å². The fraction of sp³-hybridized carbons (Fsp3) is 0.400. The molecule has 1 aromatic carbocycles. The number of aryl methyl sites for hydroxylation is 2. The number of amides is 2. The first kappa shape index (κ1) is 14.4. The monoisotopic (exact) mass is 307 g/mol. The van der Waals surface area contributed by atoms with Crippen molar-refractivity contribution in [2.75, 3.05) is 4.90 Å². The molecule has 4 rings (SSSR count). The van der Waals surface area contributed by atoms with Gasteiger partial charge in [0.15, 0.2) is 0 Å². The minimum absolute atomic E-state index is 0.0238. The molecule has 1 aliphatic heterocycles. The lowest BCUT2D eigenvalue weighted by Crippen LogP contribution is -2.33. The van der Waals surface area contributed by atoms with E-state index in [4.69, 9.17) is 0 Å².